The second-order valence-corrected chi connectivity index (χ2v) is 5.84. The largest absolute Gasteiger partial charge is 0.271 e. The standard InChI is InChI=1S/C13H21IN2/c1-10(2)4-3-5-13(16-15)11-6-8-12(14)9-7-11/h6-10,13,16H,3-5,15H2,1-2H3. The summed E-state index contributed by atoms with van der Waals surface area (Å²) in [6, 6.07) is 8.85. The van der Waals surface area contributed by atoms with E-state index in [1.807, 2.05) is 0 Å². The molecule has 3 N–H and O–H groups in total. The summed E-state index contributed by atoms with van der Waals surface area (Å²) in [6.07, 6.45) is 3.59. The first-order valence-corrected chi connectivity index (χ1v) is 6.93. The van der Waals surface area contributed by atoms with Gasteiger partial charge in [0.2, 0.25) is 0 Å². The number of hydrogen-bond acceptors (Lipinski definition) is 2. The molecule has 0 radical (unpaired) electrons. The molecular formula is C13H21IN2. The van der Waals surface area contributed by atoms with Crippen LogP contribution in [0.15, 0.2) is 24.3 Å². The molecule has 0 saturated carbocycles. The van der Waals surface area contributed by atoms with Crippen molar-refractivity contribution in [3.8, 4) is 0 Å². The molecule has 1 aromatic carbocycles. The first-order chi connectivity index (χ1) is 7.63. The van der Waals surface area contributed by atoms with Gasteiger partial charge < -0.3 is 0 Å². The number of halogens is 1. The minimum Gasteiger partial charge on any atom is -0.271 e. The number of nitrogens with two attached hydrogens (primary N) is 1. The highest BCUT2D eigenvalue weighted by Gasteiger charge is 2.09. The summed E-state index contributed by atoms with van der Waals surface area (Å²) >= 11 is 2.32. The van der Waals surface area contributed by atoms with Gasteiger partial charge in [-0.3, -0.25) is 11.3 Å². The average Bonchev–Trinajstić information content (AvgIpc) is 2.26. The third kappa shape index (κ3) is 4.80. The Balaban J connectivity index is 2.50. The maximum Gasteiger partial charge on any atom is 0.0460 e. The fourth-order valence-corrected chi connectivity index (χ4v) is 2.13. The Kier molecular flexibility index (Phi) is 6.31. The van der Waals surface area contributed by atoms with Gasteiger partial charge in [0, 0.05) is 9.61 Å². The van der Waals surface area contributed by atoms with Gasteiger partial charge in [-0.15, -0.1) is 0 Å². The van der Waals surface area contributed by atoms with Crippen molar-refractivity contribution in [3.05, 3.63) is 33.4 Å². The molecule has 1 atom stereocenters. The minimum absolute atomic E-state index is 0.288. The molecule has 2 nitrogen and oxygen atoms in total. The zero-order chi connectivity index (χ0) is 12.0. The van der Waals surface area contributed by atoms with Crippen LogP contribution in [0.4, 0.5) is 0 Å². The lowest BCUT2D eigenvalue weighted by atomic mass is 9.98. The molecule has 90 valence electrons. The fourth-order valence-electron chi connectivity index (χ4n) is 1.77. The third-order valence-electron chi connectivity index (χ3n) is 2.75. The molecule has 0 spiro atoms. The molecule has 0 heterocycles. The zero-order valence-electron chi connectivity index (χ0n) is 10.0. The van der Waals surface area contributed by atoms with E-state index >= 15 is 0 Å². The Morgan fingerprint density at radius 2 is 1.81 bits per heavy atom. The molecule has 0 amide bonds. The van der Waals surface area contributed by atoms with E-state index in [4.69, 9.17) is 5.84 Å². The van der Waals surface area contributed by atoms with E-state index in [0.29, 0.717) is 0 Å². The topological polar surface area (TPSA) is 38.0 Å². The summed E-state index contributed by atoms with van der Waals surface area (Å²) in [5.74, 6) is 6.38. The molecular weight excluding hydrogens is 311 g/mol. The molecule has 1 aromatic rings. The highest BCUT2D eigenvalue weighted by Crippen LogP contribution is 2.20. The van der Waals surface area contributed by atoms with E-state index in [1.54, 1.807) is 0 Å². The molecule has 0 bridgehead atoms. The van der Waals surface area contributed by atoms with Crippen LogP contribution in [0.1, 0.15) is 44.7 Å². The quantitative estimate of drug-likeness (QED) is 0.474. The van der Waals surface area contributed by atoms with Gasteiger partial charge in [-0.25, -0.2) is 0 Å². The molecule has 16 heavy (non-hydrogen) atoms. The van der Waals surface area contributed by atoms with Crippen LogP contribution in [0, 0.1) is 9.49 Å². The molecule has 0 aliphatic rings. The van der Waals surface area contributed by atoms with Crippen molar-refractivity contribution < 1.29 is 0 Å². The van der Waals surface area contributed by atoms with Gasteiger partial charge in [0.25, 0.3) is 0 Å². The Bertz CT molecular complexity index is 295. The van der Waals surface area contributed by atoms with Gasteiger partial charge in [0.1, 0.15) is 0 Å². The normalized spacial score (nSPS) is 13.1. The average molecular weight is 332 g/mol. The van der Waals surface area contributed by atoms with Crippen LogP contribution in [-0.4, -0.2) is 0 Å². The molecule has 0 fully saturated rings. The first-order valence-electron chi connectivity index (χ1n) is 5.85. The SMILES string of the molecule is CC(C)CCCC(NN)c1ccc(I)cc1. The summed E-state index contributed by atoms with van der Waals surface area (Å²) in [5.41, 5.74) is 4.19. The van der Waals surface area contributed by atoms with E-state index in [1.165, 1.54) is 22.0 Å². The van der Waals surface area contributed by atoms with E-state index in [2.05, 4.69) is 66.1 Å². The minimum atomic E-state index is 0.288. The molecule has 0 aromatic heterocycles. The van der Waals surface area contributed by atoms with E-state index < -0.39 is 0 Å². The second-order valence-electron chi connectivity index (χ2n) is 4.60. The van der Waals surface area contributed by atoms with Crippen molar-refractivity contribution in [1.29, 1.82) is 0 Å². The van der Waals surface area contributed by atoms with Crippen LogP contribution in [0.2, 0.25) is 0 Å². The highest BCUT2D eigenvalue weighted by molar-refractivity contribution is 14.1. The van der Waals surface area contributed by atoms with Crippen LogP contribution >= 0.6 is 22.6 Å². The van der Waals surface area contributed by atoms with Gasteiger partial charge in [-0.05, 0) is 52.6 Å². The summed E-state index contributed by atoms with van der Waals surface area (Å²) in [4.78, 5) is 0. The maximum atomic E-state index is 5.61. The van der Waals surface area contributed by atoms with Crippen molar-refractivity contribution in [3.63, 3.8) is 0 Å². The number of hydrazine groups is 1. The Morgan fingerprint density at radius 1 is 1.19 bits per heavy atom. The lowest BCUT2D eigenvalue weighted by Gasteiger charge is -2.16. The summed E-state index contributed by atoms with van der Waals surface area (Å²) < 4.78 is 1.26. The fraction of sp³-hybridized carbons (Fsp3) is 0.538. The molecule has 0 aliphatic carbocycles. The predicted octanol–water partition coefficient (Wildman–Crippen LogP) is 3.62. The lowest BCUT2D eigenvalue weighted by Crippen LogP contribution is -2.28. The number of benzene rings is 1. The third-order valence-corrected chi connectivity index (χ3v) is 3.47. The molecule has 1 rings (SSSR count). The van der Waals surface area contributed by atoms with E-state index in [9.17, 15) is 0 Å². The van der Waals surface area contributed by atoms with Gasteiger partial charge in [-0.2, -0.15) is 0 Å². The van der Waals surface area contributed by atoms with Crippen LogP contribution in [0.25, 0.3) is 0 Å². The van der Waals surface area contributed by atoms with Crippen LogP contribution in [0.5, 0.6) is 0 Å². The Hall–Kier alpha value is -0.130. The van der Waals surface area contributed by atoms with Crippen molar-refractivity contribution >= 4 is 22.6 Å². The predicted molar refractivity (Wildman–Crippen MR) is 77.9 cm³/mol. The Labute approximate surface area is 112 Å². The van der Waals surface area contributed by atoms with Gasteiger partial charge in [-0.1, -0.05) is 38.8 Å². The molecule has 3 heteroatoms. The Morgan fingerprint density at radius 3 is 2.31 bits per heavy atom. The van der Waals surface area contributed by atoms with Crippen molar-refractivity contribution in [2.24, 2.45) is 11.8 Å². The van der Waals surface area contributed by atoms with Gasteiger partial charge in [0.15, 0.2) is 0 Å². The monoisotopic (exact) mass is 332 g/mol. The van der Waals surface area contributed by atoms with Crippen molar-refractivity contribution in [1.82, 2.24) is 5.43 Å². The van der Waals surface area contributed by atoms with Gasteiger partial charge in [0.05, 0.1) is 0 Å². The van der Waals surface area contributed by atoms with Crippen molar-refractivity contribution in [2.45, 2.75) is 39.2 Å². The number of nitrogens with one attached hydrogen (secondary N) is 1. The van der Waals surface area contributed by atoms with Crippen LogP contribution in [0.3, 0.4) is 0 Å². The lowest BCUT2D eigenvalue weighted by molar-refractivity contribution is 0.455. The summed E-state index contributed by atoms with van der Waals surface area (Å²) in [6.45, 7) is 4.52. The van der Waals surface area contributed by atoms with E-state index in [-0.39, 0.29) is 6.04 Å². The second kappa shape index (κ2) is 7.25. The molecule has 1 unspecified atom stereocenters. The summed E-state index contributed by atoms with van der Waals surface area (Å²) in [7, 11) is 0. The van der Waals surface area contributed by atoms with E-state index in [0.717, 1.165) is 12.3 Å². The van der Waals surface area contributed by atoms with Crippen LogP contribution < -0.4 is 11.3 Å². The number of rotatable bonds is 6. The van der Waals surface area contributed by atoms with Crippen molar-refractivity contribution in [2.75, 3.05) is 0 Å². The maximum absolute atomic E-state index is 5.61. The summed E-state index contributed by atoms with van der Waals surface area (Å²) in [5, 5.41) is 0. The number of hydrogen-bond donors (Lipinski definition) is 2. The zero-order valence-corrected chi connectivity index (χ0v) is 12.2. The van der Waals surface area contributed by atoms with Gasteiger partial charge >= 0.3 is 0 Å². The van der Waals surface area contributed by atoms with Crippen LogP contribution in [-0.2, 0) is 0 Å². The first kappa shape index (κ1) is 13.9. The smallest absolute Gasteiger partial charge is 0.0460 e. The molecule has 0 saturated heterocycles. The molecule has 0 aliphatic heterocycles. The highest BCUT2D eigenvalue weighted by atomic mass is 127.